The quantitative estimate of drug-likeness (QED) is 0.343. The van der Waals surface area contributed by atoms with Crippen molar-refractivity contribution in [3.05, 3.63) is 47.9 Å². The summed E-state index contributed by atoms with van der Waals surface area (Å²) >= 11 is 0. The number of aromatic nitrogens is 1. The number of rotatable bonds is 8. The van der Waals surface area contributed by atoms with E-state index in [1.54, 1.807) is 24.3 Å². The van der Waals surface area contributed by atoms with Crippen molar-refractivity contribution in [2.24, 2.45) is 5.92 Å². The van der Waals surface area contributed by atoms with Crippen molar-refractivity contribution in [1.29, 1.82) is 0 Å². The number of phenols is 1. The van der Waals surface area contributed by atoms with Crippen molar-refractivity contribution in [2.45, 2.75) is 64.4 Å². The zero-order chi connectivity index (χ0) is 25.8. The minimum Gasteiger partial charge on any atom is -0.507 e. The van der Waals surface area contributed by atoms with Gasteiger partial charge in [0, 0.05) is 18.6 Å². The van der Waals surface area contributed by atoms with Gasteiger partial charge in [0.25, 0.3) is 0 Å². The lowest BCUT2D eigenvalue weighted by molar-refractivity contribution is -0.114. The Bertz CT molecular complexity index is 1250. The van der Waals surface area contributed by atoms with Crippen LogP contribution in [-0.2, 0) is 11.2 Å². The second kappa shape index (κ2) is 11.3. The van der Waals surface area contributed by atoms with Gasteiger partial charge in [-0.15, -0.1) is 0 Å². The van der Waals surface area contributed by atoms with Gasteiger partial charge in [0.15, 0.2) is 11.6 Å². The highest BCUT2D eigenvalue weighted by atomic mass is 19.1. The highest BCUT2D eigenvalue weighted by Crippen LogP contribution is 2.42. The van der Waals surface area contributed by atoms with Crippen LogP contribution >= 0.6 is 0 Å². The van der Waals surface area contributed by atoms with Crippen molar-refractivity contribution in [3.8, 4) is 33.9 Å². The summed E-state index contributed by atoms with van der Waals surface area (Å²) in [6, 6.07) is 10.1. The Morgan fingerprint density at radius 1 is 1.16 bits per heavy atom. The fraction of sp³-hybridized carbons (Fsp3) is 0.448. The molecule has 2 fully saturated rings. The Kier molecular flexibility index (Phi) is 7.74. The molecule has 37 heavy (non-hydrogen) atoms. The largest absolute Gasteiger partial charge is 0.507 e. The number of carbonyl (C=O) groups is 1. The third-order valence-corrected chi connectivity index (χ3v) is 7.38. The van der Waals surface area contributed by atoms with E-state index in [2.05, 4.69) is 15.8 Å². The summed E-state index contributed by atoms with van der Waals surface area (Å²) < 4.78 is 26.7. The first kappa shape index (κ1) is 25.3. The molecule has 3 aromatic rings. The van der Waals surface area contributed by atoms with Crippen molar-refractivity contribution >= 4 is 11.6 Å². The molecule has 2 aromatic carbocycles. The van der Waals surface area contributed by atoms with Crippen LogP contribution in [0.25, 0.3) is 22.5 Å². The summed E-state index contributed by atoms with van der Waals surface area (Å²) in [6.45, 7) is 3.48. The van der Waals surface area contributed by atoms with Crippen molar-refractivity contribution in [2.75, 3.05) is 18.4 Å². The molecule has 1 unspecified atom stereocenters. The van der Waals surface area contributed by atoms with Gasteiger partial charge >= 0.3 is 0 Å². The predicted molar refractivity (Wildman–Crippen MR) is 140 cm³/mol. The minimum atomic E-state index is -0.623. The summed E-state index contributed by atoms with van der Waals surface area (Å²) in [5.74, 6) is 0.378. The van der Waals surface area contributed by atoms with Crippen LogP contribution in [-0.4, -0.2) is 35.4 Å². The minimum absolute atomic E-state index is 0.0102. The van der Waals surface area contributed by atoms with E-state index in [1.165, 1.54) is 32.3 Å². The number of nitrogens with one attached hydrogen (secondary N) is 2. The molecule has 2 heterocycles. The maximum atomic E-state index is 15.1. The number of aryl methyl sites for hydroxylation is 1. The molecule has 5 rings (SSSR count). The van der Waals surface area contributed by atoms with Crippen LogP contribution in [0.2, 0.25) is 0 Å². The number of phenolic OH excluding ortho intramolecular Hbond substituents is 1. The smallest absolute Gasteiger partial charge is 0.221 e. The van der Waals surface area contributed by atoms with E-state index in [4.69, 9.17) is 9.26 Å². The molecule has 1 saturated carbocycles. The van der Waals surface area contributed by atoms with Crippen LogP contribution in [0.15, 0.2) is 40.9 Å². The molecule has 1 aliphatic carbocycles. The molecule has 8 heteroatoms. The Balaban J connectivity index is 1.39. The molecule has 1 atom stereocenters. The second-order valence-corrected chi connectivity index (χ2v) is 10.2. The van der Waals surface area contributed by atoms with E-state index in [0.29, 0.717) is 28.4 Å². The van der Waals surface area contributed by atoms with Gasteiger partial charge in [0.05, 0.1) is 17.4 Å². The highest BCUT2D eigenvalue weighted by molar-refractivity contribution is 5.92. The van der Waals surface area contributed by atoms with Gasteiger partial charge < -0.3 is 25.0 Å². The lowest BCUT2D eigenvalue weighted by atomic mass is 9.94. The molecule has 1 saturated heterocycles. The van der Waals surface area contributed by atoms with Gasteiger partial charge in [-0.1, -0.05) is 17.3 Å². The van der Waals surface area contributed by atoms with Gasteiger partial charge in [-0.25, -0.2) is 4.39 Å². The van der Waals surface area contributed by atoms with E-state index in [9.17, 15) is 9.90 Å². The molecule has 7 nitrogen and oxygen atoms in total. The van der Waals surface area contributed by atoms with Crippen molar-refractivity contribution < 1.29 is 23.6 Å². The zero-order valence-corrected chi connectivity index (χ0v) is 21.2. The van der Waals surface area contributed by atoms with Gasteiger partial charge in [0.1, 0.15) is 17.2 Å². The Hall–Kier alpha value is -3.39. The summed E-state index contributed by atoms with van der Waals surface area (Å²) in [5.41, 5.74) is 2.25. The molecular formula is C29H34FN3O4. The summed E-state index contributed by atoms with van der Waals surface area (Å²) in [5, 5.41) is 21.4. The molecule has 0 radical (unpaired) electrons. The number of para-hydroxylation sites is 1. The number of benzene rings is 2. The number of anilines is 1. The maximum absolute atomic E-state index is 15.1. The monoisotopic (exact) mass is 507 g/mol. The predicted octanol–water partition coefficient (Wildman–Crippen LogP) is 6.07. The van der Waals surface area contributed by atoms with Crippen LogP contribution in [0.3, 0.4) is 0 Å². The van der Waals surface area contributed by atoms with E-state index in [0.717, 1.165) is 50.9 Å². The molecule has 3 N–H and O–H groups in total. The standard InChI is InChI=1S/C29H34FN3O4/c1-18(34)32-28-25(30)15-20(16-27(28)36-22-6-2-7-22)23-8-3-9-24(29(23)35)26-17-21(33-37-26)11-10-19-5-4-13-31-14-12-19/h3,8-9,15-17,19,22,31,35H,2,4-7,10-14H2,1H3,(H,32,34). The Morgan fingerprint density at radius 2 is 2.00 bits per heavy atom. The zero-order valence-electron chi connectivity index (χ0n) is 21.2. The maximum Gasteiger partial charge on any atom is 0.221 e. The first-order chi connectivity index (χ1) is 18.0. The molecule has 196 valence electrons. The lowest BCUT2D eigenvalue weighted by Gasteiger charge is -2.28. The molecule has 0 bridgehead atoms. The Morgan fingerprint density at radius 3 is 2.78 bits per heavy atom. The number of aromatic hydroxyl groups is 1. The second-order valence-electron chi connectivity index (χ2n) is 10.2. The molecule has 0 spiro atoms. The first-order valence-corrected chi connectivity index (χ1v) is 13.2. The third kappa shape index (κ3) is 5.96. The van der Waals surface area contributed by atoms with Crippen molar-refractivity contribution in [3.63, 3.8) is 0 Å². The molecule has 1 aliphatic heterocycles. The number of nitrogens with zero attached hydrogens (tertiary/aromatic N) is 1. The van der Waals surface area contributed by atoms with Gasteiger partial charge in [0.2, 0.25) is 5.91 Å². The number of ether oxygens (including phenoxy) is 1. The molecule has 2 aliphatic rings. The highest BCUT2D eigenvalue weighted by Gasteiger charge is 2.24. The number of halogens is 1. The van der Waals surface area contributed by atoms with Gasteiger partial charge in [-0.2, -0.15) is 0 Å². The Labute approximate surface area is 216 Å². The van der Waals surface area contributed by atoms with E-state index < -0.39 is 5.82 Å². The van der Waals surface area contributed by atoms with Crippen LogP contribution in [0.5, 0.6) is 11.5 Å². The van der Waals surface area contributed by atoms with E-state index in [1.807, 2.05) is 6.07 Å². The molecular weight excluding hydrogens is 473 g/mol. The topological polar surface area (TPSA) is 96.6 Å². The summed E-state index contributed by atoms with van der Waals surface area (Å²) in [6.07, 6.45) is 8.31. The van der Waals surface area contributed by atoms with Crippen LogP contribution < -0.4 is 15.4 Å². The SMILES string of the molecule is CC(=O)Nc1c(F)cc(-c2cccc(-c3cc(CCC4CCCNCC4)no3)c2O)cc1OC1CCC1. The van der Waals surface area contributed by atoms with Gasteiger partial charge in [-0.05, 0) is 94.1 Å². The number of hydrogen-bond acceptors (Lipinski definition) is 6. The average Bonchev–Trinajstić information content (AvgIpc) is 3.16. The van der Waals surface area contributed by atoms with Crippen LogP contribution in [0.4, 0.5) is 10.1 Å². The number of carbonyl (C=O) groups excluding carboxylic acids is 1. The average molecular weight is 508 g/mol. The fourth-order valence-electron chi connectivity index (χ4n) is 5.06. The third-order valence-electron chi connectivity index (χ3n) is 7.38. The number of hydrogen-bond donors (Lipinski definition) is 3. The number of amides is 1. The molecule has 1 amide bonds. The lowest BCUT2D eigenvalue weighted by Crippen LogP contribution is -2.25. The summed E-state index contributed by atoms with van der Waals surface area (Å²) in [4.78, 5) is 11.7. The first-order valence-electron chi connectivity index (χ1n) is 13.2. The van der Waals surface area contributed by atoms with Crippen molar-refractivity contribution in [1.82, 2.24) is 10.5 Å². The van der Waals surface area contributed by atoms with Gasteiger partial charge in [-0.3, -0.25) is 4.79 Å². The molecule has 1 aromatic heterocycles. The normalized spacial score (nSPS) is 18.2. The van der Waals surface area contributed by atoms with E-state index >= 15 is 4.39 Å². The van der Waals surface area contributed by atoms with Crippen LogP contribution in [0.1, 0.15) is 57.6 Å². The van der Waals surface area contributed by atoms with E-state index in [-0.39, 0.29) is 29.2 Å². The fourth-order valence-corrected chi connectivity index (χ4v) is 5.06. The summed E-state index contributed by atoms with van der Waals surface area (Å²) in [7, 11) is 0. The van der Waals surface area contributed by atoms with Crippen LogP contribution in [0, 0.1) is 11.7 Å².